The van der Waals surface area contributed by atoms with Crippen molar-refractivity contribution < 1.29 is 5.11 Å². The Morgan fingerprint density at radius 3 is 2.45 bits per heavy atom. The first-order valence-corrected chi connectivity index (χ1v) is 8.36. The standard InChI is InChI=1S/C17H26BrNO/c1-12-8-13(2)16(17(20)9-12)11-19(3)10-14-4-6-15(18)7-5-14/h4-7,12-13,16-17,20H,8-11H2,1-3H3. The molecular weight excluding hydrogens is 314 g/mol. The SMILES string of the molecule is CC1CC(C)C(CN(C)Cc2ccc(Br)cc2)C(O)C1. The van der Waals surface area contributed by atoms with Crippen LogP contribution in [-0.2, 0) is 6.54 Å². The molecule has 1 aliphatic rings. The lowest BCUT2D eigenvalue weighted by Gasteiger charge is -2.39. The van der Waals surface area contributed by atoms with Crippen LogP contribution in [-0.4, -0.2) is 29.7 Å². The molecule has 0 saturated heterocycles. The maximum atomic E-state index is 10.3. The molecule has 20 heavy (non-hydrogen) atoms. The van der Waals surface area contributed by atoms with E-state index < -0.39 is 0 Å². The average molecular weight is 340 g/mol. The van der Waals surface area contributed by atoms with E-state index in [9.17, 15) is 5.11 Å². The summed E-state index contributed by atoms with van der Waals surface area (Å²) in [5.41, 5.74) is 1.32. The third kappa shape index (κ3) is 4.31. The number of rotatable bonds is 4. The summed E-state index contributed by atoms with van der Waals surface area (Å²) in [6.07, 6.45) is 2.07. The molecule has 1 fully saturated rings. The molecule has 1 aromatic carbocycles. The lowest BCUT2D eigenvalue weighted by molar-refractivity contribution is 0.000596. The van der Waals surface area contributed by atoms with E-state index in [4.69, 9.17) is 0 Å². The van der Waals surface area contributed by atoms with Crippen LogP contribution in [0.25, 0.3) is 0 Å². The predicted molar refractivity (Wildman–Crippen MR) is 87.5 cm³/mol. The van der Waals surface area contributed by atoms with Gasteiger partial charge in [0.25, 0.3) is 0 Å². The molecular formula is C17H26BrNO. The minimum atomic E-state index is -0.138. The van der Waals surface area contributed by atoms with E-state index in [-0.39, 0.29) is 6.10 Å². The number of halogens is 1. The molecule has 0 heterocycles. The van der Waals surface area contributed by atoms with Crippen LogP contribution in [0, 0.1) is 17.8 Å². The van der Waals surface area contributed by atoms with Gasteiger partial charge in [0.2, 0.25) is 0 Å². The summed E-state index contributed by atoms with van der Waals surface area (Å²) < 4.78 is 1.12. The zero-order valence-corrected chi connectivity index (χ0v) is 14.3. The van der Waals surface area contributed by atoms with Gasteiger partial charge in [-0.2, -0.15) is 0 Å². The van der Waals surface area contributed by atoms with E-state index in [0.717, 1.165) is 24.0 Å². The molecule has 2 nitrogen and oxygen atoms in total. The third-order valence-electron chi connectivity index (χ3n) is 4.53. The van der Waals surface area contributed by atoms with Crippen molar-refractivity contribution in [2.45, 2.75) is 39.3 Å². The fourth-order valence-electron chi connectivity index (χ4n) is 3.50. The number of aliphatic hydroxyl groups excluding tert-OH is 1. The fraction of sp³-hybridized carbons (Fsp3) is 0.647. The van der Waals surface area contributed by atoms with Crippen molar-refractivity contribution in [1.29, 1.82) is 0 Å². The average Bonchev–Trinajstić information content (AvgIpc) is 2.36. The van der Waals surface area contributed by atoms with Crippen LogP contribution < -0.4 is 0 Å². The van der Waals surface area contributed by atoms with E-state index in [1.807, 2.05) is 0 Å². The van der Waals surface area contributed by atoms with Gasteiger partial charge >= 0.3 is 0 Å². The molecule has 0 amide bonds. The largest absolute Gasteiger partial charge is 0.393 e. The van der Waals surface area contributed by atoms with Crippen molar-refractivity contribution in [3.05, 3.63) is 34.3 Å². The van der Waals surface area contributed by atoms with E-state index >= 15 is 0 Å². The van der Waals surface area contributed by atoms with E-state index in [0.29, 0.717) is 17.8 Å². The number of benzene rings is 1. The van der Waals surface area contributed by atoms with Gasteiger partial charge in [-0.05, 0) is 49.4 Å². The zero-order valence-electron chi connectivity index (χ0n) is 12.7. The molecule has 0 radical (unpaired) electrons. The van der Waals surface area contributed by atoms with Gasteiger partial charge in [-0.25, -0.2) is 0 Å². The topological polar surface area (TPSA) is 23.5 Å². The highest BCUT2D eigenvalue weighted by atomic mass is 79.9. The summed E-state index contributed by atoms with van der Waals surface area (Å²) in [6.45, 7) is 6.46. The highest BCUT2D eigenvalue weighted by Crippen LogP contribution is 2.34. The van der Waals surface area contributed by atoms with Crippen molar-refractivity contribution in [3.8, 4) is 0 Å². The molecule has 0 aliphatic heterocycles. The Labute approximate surface area is 131 Å². The normalized spacial score (nSPS) is 30.7. The molecule has 4 unspecified atom stereocenters. The van der Waals surface area contributed by atoms with Crippen LogP contribution >= 0.6 is 15.9 Å². The predicted octanol–water partition coefficient (Wildman–Crippen LogP) is 3.92. The minimum Gasteiger partial charge on any atom is -0.393 e. The van der Waals surface area contributed by atoms with Crippen LogP contribution in [0.5, 0.6) is 0 Å². The highest BCUT2D eigenvalue weighted by molar-refractivity contribution is 9.10. The van der Waals surface area contributed by atoms with Crippen molar-refractivity contribution >= 4 is 15.9 Å². The molecule has 1 aromatic rings. The van der Waals surface area contributed by atoms with Gasteiger partial charge in [-0.15, -0.1) is 0 Å². The lowest BCUT2D eigenvalue weighted by atomic mass is 9.73. The molecule has 2 rings (SSSR count). The van der Waals surface area contributed by atoms with Crippen LogP contribution in [0.3, 0.4) is 0 Å². The molecule has 4 atom stereocenters. The number of hydrogen-bond donors (Lipinski definition) is 1. The first kappa shape index (κ1) is 16.0. The second-order valence-corrected chi connectivity index (χ2v) is 7.52. The Balaban J connectivity index is 1.90. The molecule has 0 spiro atoms. The lowest BCUT2D eigenvalue weighted by Crippen LogP contribution is -2.41. The smallest absolute Gasteiger partial charge is 0.0585 e. The maximum Gasteiger partial charge on any atom is 0.0585 e. The molecule has 0 bridgehead atoms. The fourth-order valence-corrected chi connectivity index (χ4v) is 3.76. The summed E-state index contributed by atoms with van der Waals surface area (Å²) in [6, 6.07) is 8.48. The molecule has 112 valence electrons. The van der Waals surface area contributed by atoms with Gasteiger partial charge in [0.15, 0.2) is 0 Å². The Hall–Kier alpha value is -0.380. The molecule has 1 aliphatic carbocycles. The molecule has 3 heteroatoms. The first-order chi connectivity index (χ1) is 9.45. The van der Waals surface area contributed by atoms with Crippen LogP contribution in [0.1, 0.15) is 32.3 Å². The Kier molecular flexibility index (Phi) is 5.65. The van der Waals surface area contributed by atoms with Crippen molar-refractivity contribution in [2.24, 2.45) is 17.8 Å². The second kappa shape index (κ2) is 7.06. The number of hydrogen-bond acceptors (Lipinski definition) is 2. The summed E-state index contributed by atoms with van der Waals surface area (Å²) in [7, 11) is 2.15. The van der Waals surface area contributed by atoms with Crippen molar-refractivity contribution in [2.75, 3.05) is 13.6 Å². The van der Waals surface area contributed by atoms with Gasteiger partial charge in [0, 0.05) is 23.5 Å². The Morgan fingerprint density at radius 1 is 1.20 bits per heavy atom. The number of aliphatic hydroxyl groups is 1. The monoisotopic (exact) mass is 339 g/mol. The van der Waals surface area contributed by atoms with Gasteiger partial charge in [-0.3, -0.25) is 0 Å². The van der Waals surface area contributed by atoms with Crippen LogP contribution in [0.15, 0.2) is 28.7 Å². The van der Waals surface area contributed by atoms with Crippen LogP contribution in [0.2, 0.25) is 0 Å². The first-order valence-electron chi connectivity index (χ1n) is 7.56. The Bertz CT molecular complexity index is 408. The van der Waals surface area contributed by atoms with E-state index in [1.54, 1.807) is 0 Å². The van der Waals surface area contributed by atoms with Gasteiger partial charge < -0.3 is 10.0 Å². The molecule has 0 aromatic heterocycles. The van der Waals surface area contributed by atoms with Gasteiger partial charge in [0.05, 0.1) is 6.10 Å². The molecule has 1 N–H and O–H groups in total. The third-order valence-corrected chi connectivity index (χ3v) is 5.06. The van der Waals surface area contributed by atoms with Crippen molar-refractivity contribution in [3.63, 3.8) is 0 Å². The quantitative estimate of drug-likeness (QED) is 0.898. The minimum absolute atomic E-state index is 0.138. The summed E-state index contributed by atoms with van der Waals surface area (Å²) >= 11 is 3.47. The molecule has 1 saturated carbocycles. The Morgan fingerprint density at radius 2 is 1.85 bits per heavy atom. The zero-order chi connectivity index (χ0) is 14.7. The second-order valence-electron chi connectivity index (χ2n) is 6.61. The maximum absolute atomic E-state index is 10.3. The van der Waals surface area contributed by atoms with Gasteiger partial charge in [0.1, 0.15) is 0 Å². The number of nitrogens with zero attached hydrogens (tertiary/aromatic N) is 1. The van der Waals surface area contributed by atoms with Crippen LogP contribution in [0.4, 0.5) is 0 Å². The van der Waals surface area contributed by atoms with Crippen molar-refractivity contribution in [1.82, 2.24) is 4.90 Å². The summed E-state index contributed by atoms with van der Waals surface area (Å²) in [5.74, 6) is 1.68. The summed E-state index contributed by atoms with van der Waals surface area (Å²) in [5, 5.41) is 10.3. The van der Waals surface area contributed by atoms with E-state index in [2.05, 4.69) is 66.0 Å². The highest BCUT2D eigenvalue weighted by Gasteiger charge is 2.33. The van der Waals surface area contributed by atoms with E-state index in [1.165, 1.54) is 12.0 Å². The summed E-state index contributed by atoms with van der Waals surface area (Å²) in [4.78, 5) is 2.34. The van der Waals surface area contributed by atoms with Gasteiger partial charge in [-0.1, -0.05) is 41.9 Å².